The molecule has 1 amide bonds. The lowest BCUT2D eigenvalue weighted by Gasteiger charge is -2.22. The zero-order valence-electron chi connectivity index (χ0n) is 18.1. The normalized spacial score (nSPS) is 11.0. The smallest absolute Gasteiger partial charge is 0.338 e. The van der Waals surface area contributed by atoms with Gasteiger partial charge in [-0.1, -0.05) is 29.8 Å². The van der Waals surface area contributed by atoms with Crippen LogP contribution >= 0.6 is 11.6 Å². The summed E-state index contributed by atoms with van der Waals surface area (Å²) >= 11 is 6.01. The first-order valence-electron chi connectivity index (χ1n) is 10.1. The van der Waals surface area contributed by atoms with Crippen LogP contribution < -0.4 is 9.62 Å². The first kappa shape index (κ1) is 24.3. The van der Waals surface area contributed by atoms with E-state index < -0.39 is 16.0 Å². The molecule has 0 aromatic heterocycles. The number of hydrogen-bond donors (Lipinski definition) is 1. The number of anilines is 2. The van der Waals surface area contributed by atoms with E-state index in [0.717, 1.165) is 6.26 Å². The van der Waals surface area contributed by atoms with Crippen molar-refractivity contribution in [3.8, 4) is 0 Å². The van der Waals surface area contributed by atoms with Crippen LogP contribution in [-0.4, -0.2) is 33.2 Å². The van der Waals surface area contributed by atoms with Crippen LogP contribution in [0.3, 0.4) is 0 Å². The molecule has 3 aromatic carbocycles. The van der Waals surface area contributed by atoms with Crippen molar-refractivity contribution < 1.29 is 22.7 Å². The maximum absolute atomic E-state index is 12.6. The lowest BCUT2D eigenvalue weighted by atomic mass is 10.1. The molecule has 0 aliphatic carbocycles. The molecular formula is C24H23ClN2O5S. The van der Waals surface area contributed by atoms with Crippen molar-refractivity contribution in [2.24, 2.45) is 0 Å². The van der Waals surface area contributed by atoms with Gasteiger partial charge in [-0.2, -0.15) is 0 Å². The van der Waals surface area contributed by atoms with Crippen molar-refractivity contribution >= 4 is 44.9 Å². The van der Waals surface area contributed by atoms with E-state index in [9.17, 15) is 18.0 Å². The van der Waals surface area contributed by atoms with Gasteiger partial charge < -0.3 is 10.1 Å². The molecule has 3 aromatic rings. The lowest BCUT2D eigenvalue weighted by molar-refractivity contribution is 0.0526. The minimum absolute atomic E-state index is 0.0936. The molecule has 0 spiro atoms. The zero-order valence-corrected chi connectivity index (χ0v) is 19.7. The average molecular weight is 487 g/mol. The molecule has 33 heavy (non-hydrogen) atoms. The van der Waals surface area contributed by atoms with Crippen LogP contribution in [0.2, 0.25) is 5.02 Å². The number of hydrogen-bond acceptors (Lipinski definition) is 5. The van der Waals surface area contributed by atoms with Crippen molar-refractivity contribution in [3.05, 3.63) is 94.5 Å². The fourth-order valence-corrected chi connectivity index (χ4v) is 4.13. The van der Waals surface area contributed by atoms with Crippen molar-refractivity contribution in [2.75, 3.05) is 22.5 Å². The summed E-state index contributed by atoms with van der Waals surface area (Å²) in [6, 6.07) is 19.6. The molecule has 0 heterocycles. The molecule has 0 saturated carbocycles. The van der Waals surface area contributed by atoms with Crippen LogP contribution in [0, 0.1) is 0 Å². The zero-order chi connectivity index (χ0) is 24.0. The van der Waals surface area contributed by atoms with Gasteiger partial charge in [0.1, 0.15) is 0 Å². The van der Waals surface area contributed by atoms with Gasteiger partial charge in [0, 0.05) is 16.3 Å². The number of rotatable bonds is 8. The van der Waals surface area contributed by atoms with Gasteiger partial charge in [-0.05, 0) is 67.1 Å². The Balaban J connectivity index is 1.70. The van der Waals surface area contributed by atoms with Crippen molar-refractivity contribution in [3.63, 3.8) is 0 Å². The number of benzene rings is 3. The van der Waals surface area contributed by atoms with Gasteiger partial charge in [0.25, 0.3) is 5.91 Å². The van der Waals surface area contributed by atoms with Crippen LogP contribution in [0.1, 0.15) is 33.2 Å². The van der Waals surface area contributed by atoms with Crippen LogP contribution in [0.5, 0.6) is 0 Å². The Morgan fingerprint density at radius 2 is 1.61 bits per heavy atom. The highest BCUT2D eigenvalue weighted by Gasteiger charge is 2.18. The Bertz CT molecular complexity index is 1240. The van der Waals surface area contributed by atoms with Gasteiger partial charge in [0.15, 0.2) is 0 Å². The Kier molecular flexibility index (Phi) is 7.73. The molecule has 7 nitrogen and oxygen atoms in total. The second kappa shape index (κ2) is 10.5. The minimum Gasteiger partial charge on any atom is -0.462 e. The van der Waals surface area contributed by atoms with E-state index in [1.54, 1.807) is 79.7 Å². The molecule has 0 aliphatic heterocycles. The van der Waals surface area contributed by atoms with E-state index in [0.29, 0.717) is 33.1 Å². The number of amides is 1. The number of carbonyl (C=O) groups excluding carboxylic acids is 2. The Morgan fingerprint density at radius 3 is 2.18 bits per heavy atom. The van der Waals surface area contributed by atoms with Crippen LogP contribution in [-0.2, 0) is 21.3 Å². The standard InChI is InChI=1S/C24H23ClN2O5S/c1-3-32-24(29)19-11-13-21(14-12-19)26-23(28)18-9-7-17(8-10-18)16-27(33(2,30)31)22-6-4-5-20(25)15-22/h4-15H,3,16H2,1-2H3,(H,26,28). The predicted octanol–water partition coefficient (Wildman–Crippen LogP) is 4.74. The second-order valence-electron chi connectivity index (χ2n) is 7.20. The highest BCUT2D eigenvalue weighted by molar-refractivity contribution is 7.92. The molecule has 172 valence electrons. The lowest BCUT2D eigenvalue weighted by Crippen LogP contribution is -2.29. The number of nitrogens with one attached hydrogen (secondary N) is 1. The first-order chi connectivity index (χ1) is 15.7. The van der Waals surface area contributed by atoms with Crippen molar-refractivity contribution in [1.82, 2.24) is 0 Å². The first-order valence-corrected chi connectivity index (χ1v) is 12.3. The Morgan fingerprint density at radius 1 is 0.970 bits per heavy atom. The van der Waals surface area contributed by atoms with Crippen LogP contribution in [0.15, 0.2) is 72.8 Å². The van der Waals surface area contributed by atoms with Gasteiger partial charge in [-0.3, -0.25) is 9.10 Å². The summed E-state index contributed by atoms with van der Waals surface area (Å²) in [7, 11) is -3.55. The van der Waals surface area contributed by atoms with Gasteiger partial charge in [0.05, 0.1) is 30.7 Å². The second-order valence-corrected chi connectivity index (χ2v) is 9.54. The Labute approximate surface area is 198 Å². The predicted molar refractivity (Wildman–Crippen MR) is 129 cm³/mol. The molecule has 0 aliphatic rings. The maximum Gasteiger partial charge on any atom is 0.338 e. The number of carbonyl (C=O) groups is 2. The number of esters is 1. The molecular weight excluding hydrogens is 464 g/mol. The molecule has 0 fully saturated rings. The van der Waals surface area contributed by atoms with E-state index in [2.05, 4.69) is 5.32 Å². The Hall–Kier alpha value is -3.36. The van der Waals surface area contributed by atoms with Gasteiger partial charge in [0.2, 0.25) is 10.0 Å². The summed E-state index contributed by atoms with van der Waals surface area (Å²) in [5.41, 5.74) is 2.49. The maximum atomic E-state index is 12.6. The summed E-state index contributed by atoms with van der Waals surface area (Å²) in [6.07, 6.45) is 1.13. The van der Waals surface area contributed by atoms with E-state index in [4.69, 9.17) is 16.3 Å². The molecule has 0 atom stereocenters. The molecule has 0 bridgehead atoms. The highest BCUT2D eigenvalue weighted by Crippen LogP contribution is 2.24. The monoisotopic (exact) mass is 486 g/mol. The number of sulfonamides is 1. The van der Waals surface area contributed by atoms with E-state index in [1.807, 2.05) is 0 Å². The summed E-state index contributed by atoms with van der Waals surface area (Å²) in [5.74, 6) is -0.757. The van der Waals surface area contributed by atoms with E-state index in [1.165, 1.54) is 4.31 Å². The average Bonchev–Trinajstić information content (AvgIpc) is 2.77. The molecule has 0 unspecified atom stereocenters. The summed E-state index contributed by atoms with van der Waals surface area (Å²) in [4.78, 5) is 24.3. The van der Waals surface area contributed by atoms with Crippen LogP contribution in [0.4, 0.5) is 11.4 Å². The molecule has 0 radical (unpaired) electrons. The number of nitrogens with zero attached hydrogens (tertiary/aromatic N) is 1. The molecule has 0 saturated heterocycles. The fraction of sp³-hybridized carbons (Fsp3) is 0.167. The van der Waals surface area contributed by atoms with Crippen LogP contribution in [0.25, 0.3) is 0 Å². The quantitative estimate of drug-likeness (QED) is 0.464. The summed E-state index contributed by atoms with van der Waals surface area (Å²) < 4.78 is 30.8. The molecule has 9 heteroatoms. The molecule has 1 N–H and O–H groups in total. The van der Waals surface area contributed by atoms with E-state index in [-0.39, 0.29) is 19.1 Å². The topological polar surface area (TPSA) is 92.8 Å². The van der Waals surface area contributed by atoms with Crippen molar-refractivity contribution in [2.45, 2.75) is 13.5 Å². The van der Waals surface area contributed by atoms with Gasteiger partial charge in [-0.25, -0.2) is 13.2 Å². The third-order valence-electron chi connectivity index (χ3n) is 4.69. The van der Waals surface area contributed by atoms with Gasteiger partial charge in [-0.15, -0.1) is 0 Å². The third kappa shape index (κ3) is 6.57. The minimum atomic E-state index is -3.55. The summed E-state index contributed by atoms with van der Waals surface area (Å²) in [5, 5.41) is 3.19. The third-order valence-corrected chi connectivity index (χ3v) is 6.07. The summed E-state index contributed by atoms with van der Waals surface area (Å²) in [6.45, 7) is 2.11. The SMILES string of the molecule is CCOC(=O)c1ccc(NC(=O)c2ccc(CN(c3cccc(Cl)c3)S(C)(=O)=O)cc2)cc1. The van der Waals surface area contributed by atoms with Gasteiger partial charge >= 0.3 is 5.97 Å². The largest absolute Gasteiger partial charge is 0.462 e. The molecule has 3 rings (SSSR count). The van der Waals surface area contributed by atoms with Crippen molar-refractivity contribution in [1.29, 1.82) is 0 Å². The van der Waals surface area contributed by atoms with E-state index >= 15 is 0 Å². The fourth-order valence-electron chi connectivity index (χ4n) is 3.07. The highest BCUT2D eigenvalue weighted by atomic mass is 35.5. The number of ether oxygens (including phenoxy) is 1. The number of halogens is 1.